The lowest BCUT2D eigenvalue weighted by Gasteiger charge is -2.42. The smallest absolute Gasteiger partial charge is 0.206 e. The van der Waals surface area contributed by atoms with Crippen LogP contribution >= 0.6 is 0 Å². The Balaban J connectivity index is 1.43. The lowest BCUT2D eigenvalue weighted by atomic mass is 9.63. The van der Waals surface area contributed by atoms with Gasteiger partial charge in [-0.05, 0) is 84.6 Å². The van der Waals surface area contributed by atoms with E-state index in [9.17, 15) is 17.6 Å². The Morgan fingerprint density at radius 1 is 0.833 bits per heavy atom. The highest BCUT2D eigenvalue weighted by molar-refractivity contribution is 5.64. The Hall–Kier alpha value is -1.84. The zero-order valence-corrected chi connectivity index (χ0v) is 17.5. The first-order valence-electron chi connectivity index (χ1n) is 11.3. The van der Waals surface area contributed by atoms with Crippen molar-refractivity contribution in [3.63, 3.8) is 0 Å². The van der Waals surface area contributed by atoms with Gasteiger partial charge in [-0.1, -0.05) is 56.5 Å². The number of alkyl halides is 3. The molecule has 0 amide bonds. The second kappa shape index (κ2) is 8.72. The van der Waals surface area contributed by atoms with Crippen LogP contribution in [0.2, 0.25) is 0 Å². The summed E-state index contributed by atoms with van der Waals surface area (Å²) in [7, 11) is 0. The zero-order valence-electron chi connectivity index (χ0n) is 17.5. The van der Waals surface area contributed by atoms with Crippen LogP contribution in [0.25, 0.3) is 11.1 Å². The van der Waals surface area contributed by atoms with Crippen LogP contribution in [0.4, 0.5) is 17.6 Å². The van der Waals surface area contributed by atoms with E-state index in [0.29, 0.717) is 11.5 Å². The van der Waals surface area contributed by atoms with Crippen LogP contribution in [-0.2, 0) is 6.18 Å². The van der Waals surface area contributed by atoms with Crippen molar-refractivity contribution in [1.29, 1.82) is 0 Å². The molecule has 0 radical (unpaired) electrons. The van der Waals surface area contributed by atoms with Gasteiger partial charge in [-0.25, -0.2) is 4.39 Å². The molecule has 0 spiro atoms. The molecule has 2 aliphatic rings. The second-order valence-electron chi connectivity index (χ2n) is 9.31. The fourth-order valence-electron chi connectivity index (χ4n) is 5.83. The summed E-state index contributed by atoms with van der Waals surface area (Å²) in [5.41, 5.74) is 1.32. The van der Waals surface area contributed by atoms with E-state index in [1.54, 1.807) is 0 Å². The number of hydrogen-bond donors (Lipinski definition) is 0. The standard InChI is InChI=1S/C26H30F4/c1-2-3-17-4-5-22-15-21(11-10-20(22)14-17)18-6-8-19(9-7-18)23-12-13-24(25(27)16-23)26(28,29)30/h6-9,12-13,16-17,20-22H,2-5,10-11,14-15H2,1H3/t17?,20-,21-,22-/m1/s1. The van der Waals surface area contributed by atoms with Gasteiger partial charge in [0.2, 0.25) is 0 Å². The minimum Gasteiger partial charge on any atom is -0.206 e. The number of hydrogen-bond acceptors (Lipinski definition) is 0. The van der Waals surface area contributed by atoms with Crippen LogP contribution in [0.3, 0.4) is 0 Å². The molecule has 2 aliphatic carbocycles. The minimum atomic E-state index is -4.67. The molecule has 2 fully saturated rings. The van der Waals surface area contributed by atoms with E-state index in [0.717, 1.165) is 35.4 Å². The van der Waals surface area contributed by atoms with Gasteiger partial charge in [-0.3, -0.25) is 0 Å². The third-order valence-electron chi connectivity index (χ3n) is 7.41. The monoisotopic (exact) mass is 418 g/mol. The van der Waals surface area contributed by atoms with Gasteiger partial charge in [0, 0.05) is 0 Å². The summed E-state index contributed by atoms with van der Waals surface area (Å²) in [5.74, 6) is 1.99. The fraction of sp³-hybridized carbons (Fsp3) is 0.538. The molecule has 1 unspecified atom stereocenters. The summed E-state index contributed by atoms with van der Waals surface area (Å²) in [4.78, 5) is 0. The van der Waals surface area contributed by atoms with Gasteiger partial charge in [0.25, 0.3) is 0 Å². The van der Waals surface area contributed by atoms with Crippen molar-refractivity contribution in [1.82, 2.24) is 0 Å². The van der Waals surface area contributed by atoms with Crippen molar-refractivity contribution in [2.24, 2.45) is 17.8 Å². The molecule has 2 aromatic rings. The van der Waals surface area contributed by atoms with Gasteiger partial charge in [0.1, 0.15) is 5.82 Å². The molecule has 2 aromatic carbocycles. The van der Waals surface area contributed by atoms with Crippen molar-refractivity contribution in [3.05, 3.63) is 59.4 Å². The van der Waals surface area contributed by atoms with Crippen LogP contribution in [0.5, 0.6) is 0 Å². The molecule has 2 saturated carbocycles. The molecule has 0 bridgehead atoms. The summed E-state index contributed by atoms with van der Waals surface area (Å²) >= 11 is 0. The molecule has 0 aliphatic heterocycles. The lowest BCUT2D eigenvalue weighted by Crippen LogP contribution is -2.30. The molecule has 162 valence electrons. The van der Waals surface area contributed by atoms with Crippen molar-refractivity contribution >= 4 is 0 Å². The Bertz CT molecular complexity index is 852. The van der Waals surface area contributed by atoms with E-state index in [2.05, 4.69) is 19.1 Å². The molecular formula is C26H30F4. The minimum absolute atomic E-state index is 0.477. The van der Waals surface area contributed by atoms with Crippen molar-refractivity contribution in [2.45, 2.75) is 70.4 Å². The van der Waals surface area contributed by atoms with Gasteiger partial charge < -0.3 is 0 Å². The van der Waals surface area contributed by atoms with Gasteiger partial charge in [0.15, 0.2) is 0 Å². The van der Waals surface area contributed by atoms with Crippen molar-refractivity contribution in [2.75, 3.05) is 0 Å². The van der Waals surface area contributed by atoms with E-state index in [-0.39, 0.29) is 0 Å². The molecule has 0 nitrogen and oxygen atoms in total. The molecule has 0 N–H and O–H groups in total. The lowest BCUT2D eigenvalue weighted by molar-refractivity contribution is -0.139. The first kappa shape index (κ1) is 21.4. The molecule has 0 heterocycles. The zero-order chi connectivity index (χ0) is 21.3. The quantitative estimate of drug-likeness (QED) is 0.436. The molecule has 30 heavy (non-hydrogen) atoms. The number of benzene rings is 2. The molecule has 4 heteroatoms. The van der Waals surface area contributed by atoms with Gasteiger partial charge in [-0.15, -0.1) is 0 Å². The maximum Gasteiger partial charge on any atom is 0.419 e. The predicted octanol–water partition coefficient (Wildman–Crippen LogP) is 8.61. The van der Waals surface area contributed by atoms with Crippen LogP contribution in [0.1, 0.15) is 75.3 Å². The third kappa shape index (κ3) is 4.58. The van der Waals surface area contributed by atoms with Crippen LogP contribution in [0, 0.1) is 23.6 Å². The van der Waals surface area contributed by atoms with Gasteiger partial charge in [-0.2, -0.15) is 13.2 Å². The number of fused-ring (bicyclic) bond motifs is 1. The Morgan fingerprint density at radius 2 is 1.50 bits per heavy atom. The van der Waals surface area contributed by atoms with Gasteiger partial charge >= 0.3 is 6.18 Å². The topological polar surface area (TPSA) is 0 Å². The Kier molecular flexibility index (Phi) is 6.22. The summed E-state index contributed by atoms with van der Waals surface area (Å²) in [6.07, 6.45) is 5.91. The predicted molar refractivity (Wildman–Crippen MR) is 113 cm³/mol. The first-order chi connectivity index (χ1) is 14.3. The average molecular weight is 419 g/mol. The molecule has 4 atom stereocenters. The van der Waals surface area contributed by atoms with E-state index >= 15 is 0 Å². The van der Waals surface area contributed by atoms with Crippen molar-refractivity contribution < 1.29 is 17.6 Å². The van der Waals surface area contributed by atoms with E-state index in [1.165, 1.54) is 63.0 Å². The number of halogens is 4. The molecular weight excluding hydrogens is 388 g/mol. The largest absolute Gasteiger partial charge is 0.419 e. The maximum absolute atomic E-state index is 13.9. The molecule has 4 rings (SSSR count). The van der Waals surface area contributed by atoms with E-state index < -0.39 is 17.6 Å². The average Bonchev–Trinajstić information content (AvgIpc) is 2.73. The first-order valence-corrected chi connectivity index (χ1v) is 11.3. The van der Waals surface area contributed by atoms with Crippen LogP contribution < -0.4 is 0 Å². The Morgan fingerprint density at radius 3 is 2.17 bits per heavy atom. The SMILES string of the molecule is CCCC1CC[C@@H]2C[C@H](c3ccc(-c4ccc(C(F)(F)F)c(F)c4)cc3)CC[C@@H]2C1. The summed E-state index contributed by atoms with van der Waals surface area (Å²) < 4.78 is 52.3. The fourth-order valence-corrected chi connectivity index (χ4v) is 5.83. The highest BCUT2D eigenvalue weighted by Crippen LogP contribution is 2.48. The normalized spacial score (nSPS) is 27.0. The van der Waals surface area contributed by atoms with Gasteiger partial charge in [0.05, 0.1) is 5.56 Å². The second-order valence-corrected chi connectivity index (χ2v) is 9.31. The van der Waals surface area contributed by atoms with Crippen LogP contribution in [-0.4, -0.2) is 0 Å². The number of rotatable bonds is 4. The Labute approximate surface area is 176 Å². The molecule has 0 saturated heterocycles. The summed E-state index contributed by atoms with van der Waals surface area (Å²) in [6, 6.07) is 11.2. The molecule has 0 aromatic heterocycles. The van der Waals surface area contributed by atoms with E-state index in [1.807, 2.05) is 12.1 Å². The third-order valence-corrected chi connectivity index (χ3v) is 7.41. The maximum atomic E-state index is 13.9. The van der Waals surface area contributed by atoms with Crippen LogP contribution in [0.15, 0.2) is 42.5 Å². The highest BCUT2D eigenvalue weighted by atomic mass is 19.4. The summed E-state index contributed by atoms with van der Waals surface area (Å²) in [5, 5.41) is 0. The highest BCUT2D eigenvalue weighted by Gasteiger charge is 2.36. The van der Waals surface area contributed by atoms with Crippen molar-refractivity contribution in [3.8, 4) is 11.1 Å². The van der Waals surface area contributed by atoms with E-state index in [4.69, 9.17) is 0 Å². The summed E-state index contributed by atoms with van der Waals surface area (Å²) in [6.45, 7) is 2.28.